The highest BCUT2D eigenvalue weighted by Gasteiger charge is 2.07. The Morgan fingerprint density at radius 3 is 2.56 bits per heavy atom. The summed E-state index contributed by atoms with van der Waals surface area (Å²) in [4.78, 5) is 0.697. The molecule has 1 atom stereocenters. The average molecular weight is 241 g/mol. The third kappa shape index (κ3) is 4.99. The number of hydrogen-bond acceptors (Lipinski definition) is 2. The molecule has 1 aromatic rings. The molecule has 0 amide bonds. The predicted molar refractivity (Wildman–Crippen MR) is 69.2 cm³/mol. The third-order valence-corrected chi connectivity index (χ3v) is 3.64. The molecule has 0 saturated heterocycles. The van der Waals surface area contributed by atoms with Gasteiger partial charge in [0.1, 0.15) is 5.82 Å². The molecule has 1 nitrogen and oxygen atoms in total. The number of halogens is 1. The minimum atomic E-state index is -0.149. The Hall–Kier alpha value is -0.540. The van der Waals surface area contributed by atoms with Crippen molar-refractivity contribution in [3.8, 4) is 0 Å². The maximum absolute atomic E-state index is 13.3. The van der Waals surface area contributed by atoms with Crippen LogP contribution in [0.25, 0.3) is 0 Å². The number of benzene rings is 1. The van der Waals surface area contributed by atoms with Crippen LogP contribution in [-0.4, -0.2) is 11.8 Å². The number of hydrogen-bond donors (Lipinski definition) is 1. The van der Waals surface area contributed by atoms with Gasteiger partial charge >= 0.3 is 0 Å². The molecule has 0 bridgehead atoms. The van der Waals surface area contributed by atoms with E-state index < -0.39 is 0 Å². The van der Waals surface area contributed by atoms with Gasteiger partial charge in [0.2, 0.25) is 0 Å². The van der Waals surface area contributed by atoms with E-state index in [1.54, 1.807) is 12.1 Å². The Labute approximate surface area is 102 Å². The lowest BCUT2D eigenvalue weighted by molar-refractivity contribution is 0.517. The summed E-state index contributed by atoms with van der Waals surface area (Å²) in [5.74, 6) is 1.32. The Bertz CT molecular complexity index is 315. The summed E-state index contributed by atoms with van der Waals surface area (Å²) in [6, 6.07) is 7.01. The lowest BCUT2D eigenvalue weighted by Crippen LogP contribution is -2.23. The lowest BCUT2D eigenvalue weighted by atomic mass is 10.1. The van der Waals surface area contributed by atoms with Gasteiger partial charge in [-0.3, -0.25) is 0 Å². The molecule has 0 aliphatic carbocycles. The summed E-state index contributed by atoms with van der Waals surface area (Å²) in [6.07, 6.45) is 2.15. The predicted octanol–water partition coefficient (Wildman–Crippen LogP) is 3.68. The van der Waals surface area contributed by atoms with Crippen molar-refractivity contribution in [2.24, 2.45) is 11.7 Å². The van der Waals surface area contributed by atoms with Crippen LogP contribution in [0.4, 0.5) is 4.39 Å². The molecular weight excluding hydrogens is 221 g/mol. The smallest absolute Gasteiger partial charge is 0.136 e. The van der Waals surface area contributed by atoms with Gasteiger partial charge in [0.05, 0.1) is 0 Å². The maximum atomic E-state index is 13.3. The van der Waals surface area contributed by atoms with Gasteiger partial charge in [0.15, 0.2) is 0 Å². The molecule has 16 heavy (non-hydrogen) atoms. The monoisotopic (exact) mass is 241 g/mol. The Morgan fingerprint density at radius 2 is 1.94 bits per heavy atom. The summed E-state index contributed by atoms with van der Waals surface area (Å²) in [5.41, 5.74) is 5.98. The van der Waals surface area contributed by atoms with Crippen molar-refractivity contribution < 1.29 is 4.39 Å². The highest BCUT2D eigenvalue weighted by Crippen LogP contribution is 2.22. The van der Waals surface area contributed by atoms with Crippen LogP contribution in [-0.2, 0) is 0 Å². The first kappa shape index (κ1) is 13.5. The van der Waals surface area contributed by atoms with Crippen LogP contribution in [0.3, 0.4) is 0 Å². The van der Waals surface area contributed by atoms with Crippen molar-refractivity contribution in [3.05, 3.63) is 30.1 Å². The molecule has 0 saturated carbocycles. The molecule has 0 radical (unpaired) electrons. The molecule has 0 fully saturated rings. The molecule has 2 N–H and O–H groups in total. The van der Waals surface area contributed by atoms with E-state index in [1.165, 1.54) is 17.8 Å². The SMILES string of the molecule is CC(C)CCC(N)CSc1ccccc1F. The van der Waals surface area contributed by atoms with E-state index in [9.17, 15) is 4.39 Å². The molecule has 0 spiro atoms. The first-order valence-electron chi connectivity index (χ1n) is 5.72. The topological polar surface area (TPSA) is 26.0 Å². The van der Waals surface area contributed by atoms with Crippen molar-refractivity contribution in [2.45, 2.75) is 37.6 Å². The normalized spacial score (nSPS) is 13.1. The van der Waals surface area contributed by atoms with Gasteiger partial charge in [-0.15, -0.1) is 11.8 Å². The zero-order valence-corrected chi connectivity index (χ0v) is 10.8. The zero-order valence-electron chi connectivity index (χ0n) is 9.95. The van der Waals surface area contributed by atoms with Crippen molar-refractivity contribution in [2.75, 3.05) is 5.75 Å². The van der Waals surface area contributed by atoms with Gasteiger partial charge < -0.3 is 5.73 Å². The van der Waals surface area contributed by atoms with Gasteiger partial charge in [0, 0.05) is 16.7 Å². The lowest BCUT2D eigenvalue weighted by Gasteiger charge is -2.12. The Kier molecular flexibility index (Phi) is 5.85. The molecular formula is C13H20FNS. The molecule has 1 unspecified atom stereocenters. The molecule has 3 heteroatoms. The molecule has 1 aromatic carbocycles. The van der Waals surface area contributed by atoms with E-state index in [0.717, 1.165) is 18.6 Å². The van der Waals surface area contributed by atoms with E-state index in [0.29, 0.717) is 10.8 Å². The first-order valence-corrected chi connectivity index (χ1v) is 6.71. The van der Waals surface area contributed by atoms with Gasteiger partial charge in [-0.25, -0.2) is 4.39 Å². The molecule has 0 aromatic heterocycles. The average Bonchev–Trinajstić information content (AvgIpc) is 2.25. The third-order valence-electron chi connectivity index (χ3n) is 2.40. The number of rotatable bonds is 6. The van der Waals surface area contributed by atoms with Gasteiger partial charge in [-0.2, -0.15) is 0 Å². The van der Waals surface area contributed by atoms with Crippen LogP contribution in [0.15, 0.2) is 29.2 Å². The fourth-order valence-electron chi connectivity index (χ4n) is 1.39. The number of thioether (sulfide) groups is 1. The highest BCUT2D eigenvalue weighted by atomic mass is 32.2. The van der Waals surface area contributed by atoms with Gasteiger partial charge in [0.25, 0.3) is 0 Å². The van der Waals surface area contributed by atoms with E-state index in [2.05, 4.69) is 13.8 Å². The summed E-state index contributed by atoms with van der Waals surface area (Å²) in [5, 5.41) is 0. The van der Waals surface area contributed by atoms with Crippen molar-refractivity contribution in [1.29, 1.82) is 0 Å². The molecule has 1 rings (SSSR count). The second-order valence-electron chi connectivity index (χ2n) is 4.47. The van der Waals surface area contributed by atoms with Gasteiger partial charge in [-0.05, 0) is 30.9 Å². The van der Waals surface area contributed by atoms with E-state index in [4.69, 9.17) is 5.73 Å². The van der Waals surface area contributed by atoms with Crippen LogP contribution in [0.5, 0.6) is 0 Å². The summed E-state index contributed by atoms with van der Waals surface area (Å²) in [7, 11) is 0. The van der Waals surface area contributed by atoms with Crippen LogP contribution < -0.4 is 5.73 Å². The zero-order chi connectivity index (χ0) is 12.0. The van der Waals surface area contributed by atoms with E-state index >= 15 is 0 Å². The standard InChI is InChI=1S/C13H20FNS/c1-10(2)7-8-11(15)9-16-13-6-4-3-5-12(13)14/h3-6,10-11H,7-9,15H2,1-2H3. The quantitative estimate of drug-likeness (QED) is 0.769. The minimum Gasteiger partial charge on any atom is -0.327 e. The summed E-state index contributed by atoms with van der Waals surface area (Å²) in [6.45, 7) is 4.38. The molecule has 0 aliphatic heterocycles. The van der Waals surface area contributed by atoms with Crippen LogP contribution in [0.1, 0.15) is 26.7 Å². The molecule has 90 valence electrons. The number of nitrogens with two attached hydrogens (primary N) is 1. The maximum Gasteiger partial charge on any atom is 0.136 e. The van der Waals surface area contributed by atoms with E-state index in [1.807, 2.05) is 6.07 Å². The Balaban J connectivity index is 2.31. The molecule has 0 aliphatic rings. The second kappa shape index (κ2) is 6.92. The van der Waals surface area contributed by atoms with E-state index in [-0.39, 0.29) is 11.9 Å². The molecule has 0 heterocycles. The first-order chi connectivity index (χ1) is 7.59. The fourth-order valence-corrected chi connectivity index (χ4v) is 2.33. The largest absolute Gasteiger partial charge is 0.327 e. The van der Waals surface area contributed by atoms with Crippen LogP contribution >= 0.6 is 11.8 Å². The summed E-state index contributed by atoms with van der Waals surface area (Å²) < 4.78 is 13.3. The van der Waals surface area contributed by atoms with Crippen LogP contribution in [0.2, 0.25) is 0 Å². The second-order valence-corrected chi connectivity index (χ2v) is 5.53. The minimum absolute atomic E-state index is 0.149. The van der Waals surface area contributed by atoms with Gasteiger partial charge in [-0.1, -0.05) is 26.0 Å². The highest BCUT2D eigenvalue weighted by molar-refractivity contribution is 7.99. The Morgan fingerprint density at radius 1 is 1.25 bits per heavy atom. The fraction of sp³-hybridized carbons (Fsp3) is 0.538. The van der Waals surface area contributed by atoms with Crippen LogP contribution in [0, 0.1) is 11.7 Å². The van der Waals surface area contributed by atoms with Crippen molar-refractivity contribution in [3.63, 3.8) is 0 Å². The van der Waals surface area contributed by atoms with Crippen molar-refractivity contribution >= 4 is 11.8 Å². The summed E-state index contributed by atoms with van der Waals surface area (Å²) >= 11 is 1.51. The van der Waals surface area contributed by atoms with Crippen molar-refractivity contribution in [1.82, 2.24) is 0 Å².